The first-order chi connectivity index (χ1) is 17.0. The third kappa shape index (κ3) is 5.82. The number of nitrogens with one attached hydrogen (secondary N) is 1. The number of benzene rings is 2. The number of aromatic hydroxyl groups is 1. The fourth-order valence-electron chi connectivity index (χ4n) is 3.88. The molecule has 0 unspecified atom stereocenters. The van der Waals surface area contributed by atoms with Crippen LogP contribution in [0.1, 0.15) is 23.2 Å². The summed E-state index contributed by atoms with van der Waals surface area (Å²) < 4.78 is 39.7. The minimum atomic E-state index is -0.487. The minimum Gasteiger partial charge on any atom is -0.494 e. The molecule has 0 radical (unpaired) electrons. The number of ether oxygens (including phenoxy) is 2. The molecule has 182 valence electrons. The highest BCUT2D eigenvalue weighted by Crippen LogP contribution is 2.34. The van der Waals surface area contributed by atoms with Crippen molar-refractivity contribution in [1.82, 2.24) is 9.55 Å². The number of pyridine rings is 1. The molecule has 2 aromatic carbocycles. The highest BCUT2D eigenvalue weighted by atomic mass is 19.1. The summed E-state index contributed by atoms with van der Waals surface area (Å²) in [6.07, 6.45) is 1.81. The van der Waals surface area contributed by atoms with Gasteiger partial charge in [-0.15, -0.1) is 0 Å². The van der Waals surface area contributed by atoms with Crippen molar-refractivity contribution in [2.75, 3.05) is 19.2 Å². The van der Waals surface area contributed by atoms with Crippen molar-refractivity contribution >= 4 is 22.5 Å². The average molecular weight is 481 g/mol. The Kier molecular flexibility index (Phi) is 7.69. The normalized spacial score (nSPS) is 11.2. The zero-order valence-corrected chi connectivity index (χ0v) is 19.1. The maximum Gasteiger partial charge on any atom is 0.225 e. The molecule has 1 amide bonds. The molecule has 0 saturated heterocycles. The number of carbonyl (C=O) groups is 1. The SMILES string of the molecule is COCOCc1ccc(NC(=O)CCc2c3c(F)cccc3c(O)n2Cc2ccc(F)cc2)nc1. The van der Waals surface area contributed by atoms with E-state index < -0.39 is 5.82 Å². The van der Waals surface area contributed by atoms with Crippen LogP contribution in [0.4, 0.5) is 14.6 Å². The van der Waals surface area contributed by atoms with E-state index in [9.17, 15) is 18.7 Å². The number of nitrogens with zero attached hydrogens (tertiary/aromatic N) is 2. The maximum absolute atomic E-state index is 14.7. The first-order valence-corrected chi connectivity index (χ1v) is 11.0. The molecule has 0 saturated carbocycles. The van der Waals surface area contributed by atoms with Gasteiger partial charge in [-0.3, -0.25) is 4.79 Å². The number of amides is 1. The van der Waals surface area contributed by atoms with Crippen LogP contribution in [0.15, 0.2) is 60.8 Å². The van der Waals surface area contributed by atoms with Crippen LogP contribution in [0.2, 0.25) is 0 Å². The third-order valence-electron chi connectivity index (χ3n) is 5.53. The van der Waals surface area contributed by atoms with Crippen molar-refractivity contribution < 1.29 is 28.2 Å². The van der Waals surface area contributed by atoms with Crippen LogP contribution in [0, 0.1) is 11.6 Å². The maximum atomic E-state index is 14.7. The van der Waals surface area contributed by atoms with E-state index in [4.69, 9.17) is 9.47 Å². The topological polar surface area (TPSA) is 85.6 Å². The second kappa shape index (κ2) is 11.1. The molecule has 0 spiro atoms. The summed E-state index contributed by atoms with van der Waals surface area (Å²) in [5.74, 6) is -0.889. The quantitative estimate of drug-likeness (QED) is 0.252. The minimum absolute atomic E-state index is 0.0384. The van der Waals surface area contributed by atoms with E-state index in [0.717, 1.165) is 11.1 Å². The van der Waals surface area contributed by atoms with Crippen LogP contribution in [0.3, 0.4) is 0 Å². The molecule has 0 aliphatic rings. The smallest absolute Gasteiger partial charge is 0.225 e. The molecule has 2 N–H and O–H groups in total. The molecule has 0 bridgehead atoms. The Morgan fingerprint density at radius 2 is 1.86 bits per heavy atom. The molecule has 0 aliphatic carbocycles. The third-order valence-corrected chi connectivity index (χ3v) is 5.53. The molecule has 0 aliphatic heterocycles. The van der Waals surface area contributed by atoms with Gasteiger partial charge in [0, 0.05) is 36.2 Å². The van der Waals surface area contributed by atoms with Gasteiger partial charge in [0.1, 0.15) is 24.2 Å². The van der Waals surface area contributed by atoms with E-state index in [1.54, 1.807) is 41.1 Å². The van der Waals surface area contributed by atoms with E-state index in [1.807, 2.05) is 0 Å². The number of fused-ring (bicyclic) bond motifs is 1. The number of anilines is 1. The van der Waals surface area contributed by atoms with Gasteiger partial charge in [0.25, 0.3) is 0 Å². The molecule has 4 aromatic rings. The summed E-state index contributed by atoms with van der Waals surface area (Å²) in [6, 6.07) is 13.8. The average Bonchev–Trinajstić information content (AvgIpc) is 3.12. The van der Waals surface area contributed by atoms with Gasteiger partial charge in [0.15, 0.2) is 5.88 Å². The number of rotatable bonds is 10. The van der Waals surface area contributed by atoms with Crippen LogP contribution in [0.25, 0.3) is 10.8 Å². The van der Waals surface area contributed by atoms with Crippen LogP contribution >= 0.6 is 0 Å². The van der Waals surface area contributed by atoms with Crippen LogP contribution in [0.5, 0.6) is 5.88 Å². The lowest BCUT2D eigenvalue weighted by Gasteiger charge is -2.12. The Labute approximate surface area is 200 Å². The zero-order valence-electron chi connectivity index (χ0n) is 19.1. The molecule has 9 heteroatoms. The Bertz CT molecular complexity index is 1310. The number of halogens is 2. The van der Waals surface area contributed by atoms with Gasteiger partial charge in [-0.1, -0.05) is 24.3 Å². The summed E-state index contributed by atoms with van der Waals surface area (Å²) >= 11 is 0. The molecule has 2 aromatic heterocycles. The number of carbonyl (C=O) groups excluding carboxylic acids is 1. The Hall–Kier alpha value is -3.82. The van der Waals surface area contributed by atoms with Gasteiger partial charge in [-0.25, -0.2) is 13.8 Å². The molecular weight excluding hydrogens is 456 g/mol. The Morgan fingerprint density at radius 3 is 2.57 bits per heavy atom. The van der Waals surface area contributed by atoms with Gasteiger partial charge < -0.3 is 24.5 Å². The van der Waals surface area contributed by atoms with Crippen LogP contribution in [-0.2, 0) is 33.8 Å². The molecule has 0 atom stereocenters. The van der Waals surface area contributed by atoms with Gasteiger partial charge >= 0.3 is 0 Å². The van der Waals surface area contributed by atoms with Crippen molar-refractivity contribution in [1.29, 1.82) is 0 Å². The fourth-order valence-corrected chi connectivity index (χ4v) is 3.88. The second-order valence-corrected chi connectivity index (χ2v) is 8.00. The predicted molar refractivity (Wildman–Crippen MR) is 127 cm³/mol. The first-order valence-electron chi connectivity index (χ1n) is 11.0. The van der Waals surface area contributed by atoms with Crippen molar-refractivity contribution in [2.24, 2.45) is 0 Å². The van der Waals surface area contributed by atoms with Crippen molar-refractivity contribution in [3.63, 3.8) is 0 Å². The second-order valence-electron chi connectivity index (χ2n) is 8.00. The lowest BCUT2D eigenvalue weighted by molar-refractivity contribution is -0.116. The number of hydrogen-bond donors (Lipinski definition) is 2. The summed E-state index contributed by atoms with van der Waals surface area (Å²) in [7, 11) is 1.54. The summed E-state index contributed by atoms with van der Waals surface area (Å²) in [5, 5.41) is 14.2. The number of methoxy groups -OCH3 is 1. The molecule has 4 rings (SSSR count). The Balaban J connectivity index is 1.50. The monoisotopic (exact) mass is 481 g/mol. The largest absolute Gasteiger partial charge is 0.494 e. The lowest BCUT2D eigenvalue weighted by atomic mass is 10.1. The van der Waals surface area contributed by atoms with E-state index in [0.29, 0.717) is 23.5 Å². The van der Waals surface area contributed by atoms with Crippen molar-refractivity contribution in [3.8, 4) is 5.88 Å². The van der Waals surface area contributed by atoms with Crippen LogP contribution in [-0.4, -0.2) is 34.5 Å². The summed E-state index contributed by atoms with van der Waals surface area (Å²) in [4.78, 5) is 16.8. The van der Waals surface area contributed by atoms with Gasteiger partial charge in [-0.2, -0.15) is 0 Å². The number of hydrogen-bond acceptors (Lipinski definition) is 5. The van der Waals surface area contributed by atoms with Crippen molar-refractivity contribution in [2.45, 2.75) is 26.0 Å². The predicted octanol–water partition coefficient (Wildman–Crippen LogP) is 4.76. The van der Waals surface area contributed by atoms with E-state index >= 15 is 0 Å². The van der Waals surface area contributed by atoms with E-state index in [-0.39, 0.29) is 49.2 Å². The molecule has 0 fully saturated rings. The van der Waals surface area contributed by atoms with E-state index in [1.165, 1.54) is 31.4 Å². The lowest BCUT2D eigenvalue weighted by Crippen LogP contribution is -2.15. The first kappa shape index (κ1) is 24.3. The molecule has 2 heterocycles. The molecular formula is C26H25F2N3O4. The van der Waals surface area contributed by atoms with Crippen LogP contribution < -0.4 is 5.32 Å². The molecule has 7 nitrogen and oxygen atoms in total. The highest BCUT2D eigenvalue weighted by molar-refractivity contribution is 5.93. The summed E-state index contributed by atoms with van der Waals surface area (Å²) in [6.45, 7) is 0.708. The fraction of sp³-hybridized carbons (Fsp3) is 0.231. The van der Waals surface area contributed by atoms with Gasteiger partial charge in [0.2, 0.25) is 5.91 Å². The van der Waals surface area contributed by atoms with Crippen molar-refractivity contribution in [3.05, 3.63) is 89.2 Å². The van der Waals surface area contributed by atoms with Gasteiger partial charge in [-0.05, 0) is 47.9 Å². The Morgan fingerprint density at radius 1 is 1.09 bits per heavy atom. The zero-order chi connectivity index (χ0) is 24.8. The standard InChI is InChI=1S/C26H25F2N3O4/c1-34-16-35-15-18-7-11-23(29-13-18)30-24(32)12-10-22-25-20(3-2-4-21(25)28)26(33)31(22)14-17-5-8-19(27)9-6-17/h2-9,11,13,33H,10,12,14-16H2,1H3,(H,29,30,32). The number of aryl methyl sites for hydroxylation is 1. The highest BCUT2D eigenvalue weighted by Gasteiger charge is 2.20. The number of aromatic nitrogens is 2. The summed E-state index contributed by atoms with van der Waals surface area (Å²) in [5.41, 5.74) is 2.04. The van der Waals surface area contributed by atoms with E-state index in [2.05, 4.69) is 10.3 Å². The van der Waals surface area contributed by atoms with Gasteiger partial charge in [0.05, 0.1) is 13.2 Å². The molecule has 35 heavy (non-hydrogen) atoms.